The van der Waals surface area contributed by atoms with Crippen molar-refractivity contribution in [3.8, 4) is 0 Å². The molecule has 0 aliphatic rings. The van der Waals surface area contributed by atoms with Gasteiger partial charge in [0.05, 0.1) is 0 Å². The summed E-state index contributed by atoms with van der Waals surface area (Å²) in [6.07, 6.45) is 0.499. The number of hydrogen-bond acceptors (Lipinski definition) is 3. The van der Waals surface area contributed by atoms with E-state index < -0.39 is 0 Å². The molecule has 0 spiro atoms. The van der Waals surface area contributed by atoms with E-state index in [0.29, 0.717) is 18.5 Å². The van der Waals surface area contributed by atoms with Crippen LogP contribution in [0.4, 0.5) is 0 Å². The van der Waals surface area contributed by atoms with Gasteiger partial charge < -0.3 is 16.2 Å². The molecule has 0 bridgehead atoms. The van der Waals surface area contributed by atoms with Gasteiger partial charge in [-0.1, -0.05) is 12.1 Å². The van der Waals surface area contributed by atoms with Crippen molar-refractivity contribution in [2.24, 2.45) is 5.73 Å². The van der Waals surface area contributed by atoms with Gasteiger partial charge in [-0.15, -0.1) is 0 Å². The molecule has 16 heavy (non-hydrogen) atoms. The van der Waals surface area contributed by atoms with Crippen molar-refractivity contribution < 1.29 is 9.90 Å². The average molecular weight is 222 g/mol. The maximum atomic E-state index is 11.6. The summed E-state index contributed by atoms with van der Waals surface area (Å²) in [7, 11) is 0. The van der Waals surface area contributed by atoms with E-state index in [1.54, 1.807) is 18.2 Å². The Morgan fingerprint density at radius 3 is 2.94 bits per heavy atom. The number of aliphatic hydroxyl groups excluding tert-OH is 1. The molecule has 0 saturated carbocycles. The van der Waals surface area contributed by atoms with Crippen LogP contribution < -0.4 is 11.1 Å². The van der Waals surface area contributed by atoms with Crippen molar-refractivity contribution in [2.45, 2.75) is 19.4 Å². The predicted octanol–water partition coefficient (Wildman–Crippen LogP) is 0.819. The summed E-state index contributed by atoms with van der Waals surface area (Å²) in [5, 5.41) is 11.5. The Kier molecular flexibility index (Phi) is 4.95. The minimum Gasteiger partial charge on any atom is -0.396 e. The Labute approximate surface area is 95.5 Å². The molecule has 0 saturated heterocycles. The maximum absolute atomic E-state index is 11.6. The number of carbonyl (C=O) groups is 1. The second kappa shape index (κ2) is 6.25. The minimum absolute atomic E-state index is 0.0482. The first kappa shape index (κ1) is 12.7. The van der Waals surface area contributed by atoms with Crippen LogP contribution in [-0.4, -0.2) is 24.2 Å². The van der Waals surface area contributed by atoms with Crippen LogP contribution in [0.1, 0.15) is 35.3 Å². The molecule has 0 heterocycles. The predicted molar refractivity (Wildman–Crippen MR) is 63.1 cm³/mol. The van der Waals surface area contributed by atoms with E-state index in [9.17, 15) is 4.79 Å². The standard InChI is InChI=1S/C12H18N2O2/c1-2-14-12(16)10-5-3-4-9(8-10)11(13)6-7-15/h3-5,8,11,15H,2,6-7,13H2,1H3,(H,14,16). The van der Waals surface area contributed by atoms with Crippen molar-refractivity contribution in [1.29, 1.82) is 0 Å². The smallest absolute Gasteiger partial charge is 0.251 e. The lowest BCUT2D eigenvalue weighted by Crippen LogP contribution is -2.23. The third-order valence-electron chi connectivity index (χ3n) is 2.35. The summed E-state index contributed by atoms with van der Waals surface area (Å²) in [5.74, 6) is -0.0967. The lowest BCUT2D eigenvalue weighted by Gasteiger charge is -2.11. The zero-order valence-electron chi connectivity index (χ0n) is 9.44. The third-order valence-corrected chi connectivity index (χ3v) is 2.35. The van der Waals surface area contributed by atoms with Crippen LogP contribution in [0, 0.1) is 0 Å². The summed E-state index contributed by atoms with van der Waals surface area (Å²) in [6.45, 7) is 2.53. The molecule has 4 heteroatoms. The summed E-state index contributed by atoms with van der Waals surface area (Å²) >= 11 is 0. The molecule has 0 radical (unpaired) electrons. The minimum atomic E-state index is -0.223. The second-order valence-electron chi connectivity index (χ2n) is 3.60. The van der Waals surface area contributed by atoms with Crippen LogP contribution in [0.3, 0.4) is 0 Å². The van der Waals surface area contributed by atoms with Crippen LogP contribution in [0.2, 0.25) is 0 Å². The van der Waals surface area contributed by atoms with E-state index in [1.807, 2.05) is 13.0 Å². The number of rotatable bonds is 5. The molecule has 1 atom stereocenters. The first-order chi connectivity index (χ1) is 7.69. The van der Waals surface area contributed by atoms with E-state index in [1.165, 1.54) is 0 Å². The molecular weight excluding hydrogens is 204 g/mol. The first-order valence-electron chi connectivity index (χ1n) is 5.43. The van der Waals surface area contributed by atoms with E-state index in [-0.39, 0.29) is 18.6 Å². The number of hydrogen-bond donors (Lipinski definition) is 3. The molecule has 0 fully saturated rings. The Hall–Kier alpha value is -1.39. The number of aliphatic hydroxyl groups is 1. The van der Waals surface area contributed by atoms with E-state index in [0.717, 1.165) is 5.56 Å². The SMILES string of the molecule is CCNC(=O)c1cccc(C(N)CCO)c1. The van der Waals surface area contributed by atoms with Gasteiger partial charge in [0, 0.05) is 24.8 Å². The van der Waals surface area contributed by atoms with Gasteiger partial charge in [0.1, 0.15) is 0 Å². The molecule has 1 aromatic carbocycles. The molecule has 1 amide bonds. The Balaban J connectivity index is 2.82. The summed E-state index contributed by atoms with van der Waals surface area (Å²) in [4.78, 5) is 11.6. The lowest BCUT2D eigenvalue weighted by molar-refractivity contribution is 0.0955. The Bertz CT molecular complexity index is 353. The normalized spacial score (nSPS) is 12.2. The number of amides is 1. The summed E-state index contributed by atoms with van der Waals surface area (Å²) in [6, 6.07) is 6.96. The highest BCUT2D eigenvalue weighted by molar-refractivity contribution is 5.94. The number of nitrogens with two attached hydrogens (primary N) is 1. The Morgan fingerprint density at radius 2 is 2.31 bits per heavy atom. The molecule has 0 aliphatic heterocycles. The molecule has 0 aliphatic carbocycles. The van der Waals surface area contributed by atoms with Crippen LogP contribution in [0.25, 0.3) is 0 Å². The fourth-order valence-electron chi connectivity index (χ4n) is 1.48. The number of nitrogens with one attached hydrogen (secondary N) is 1. The molecule has 88 valence electrons. The monoisotopic (exact) mass is 222 g/mol. The quantitative estimate of drug-likeness (QED) is 0.690. The van der Waals surface area contributed by atoms with Crippen molar-refractivity contribution in [2.75, 3.05) is 13.2 Å². The van der Waals surface area contributed by atoms with Gasteiger partial charge in [0.25, 0.3) is 5.91 Å². The molecular formula is C12H18N2O2. The number of benzene rings is 1. The molecule has 4 nitrogen and oxygen atoms in total. The largest absolute Gasteiger partial charge is 0.396 e. The van der Waals surface area contributed by atoms with Gasteiger partial charge in [0.15, 0.2) is 0 Å². The zero-order chi connectivity index (χ0) is 12.0. The molecule has 1 aromatic rings. The average Bonchev–Trinajstić information content (AvgIpc) is 2.30. The molecule has 1 unspecified atom stereocenters. The van der Waals surface area contributed by atoms with Crippen molar-refractivity contribution in [3.05, 3.63) is 35.4 Å². The summed E-state index contributed by atoms with van der Waals surface area (Å²) in [5.41, 5.74) is 7.33. The lowest BCUT2D eigenvalue weighted by atomic mass is 10.0. The molecule has 4 N–H and O–H groups in total. The highest BCUT2D eigenvalue weighted by atomic mass is 16.3. The van der Waals surface area contributed by atoms with Gasteiger partial charge >= 0.3 is 0 Å². The van der Waals surface area contributed by atoms with Crippen LogP contribution in [-0.2, 0) is 0 Å². The van der Waals surface area contributed by atoms with Crippen molar-refractivity contribution in [1.82, 2.24) is 5.32 Å². The van der Waals surface area contributed by atoms with Gasteiger partial charge in [-0.05, 0) is 31.0 Å². The van der Waals surface area contributed by atoms with Crippen molar-refractivity contribution >= 4 is 5.91 Å². The van der Waals surface area contributed by atoms with Gasteiger partial charge in [-0.2, -0.15) is 0 Å². The fraction of sp³-hybridized carbons (Fsp3) is 0.417. The van der Waals surface area contributed by atoms with E-state index >= 15 is 0 Å². The van der Waals surface area contributed by atoms with Crippen LogP contribution in [0.5, 0.6) is 0 Å². The number of carbonyl (C=O) groups excluding carboxylic acids is 1. The van der Waals surface area contributed by atoms with Crippen molar-refractivity contribution in [3.63, 3.8) is 0 Å². The molecule has 1 rings (SSSR count). The van der Waals surface area contributed by atoms with E-state index in [4.69, 9.17) is 10.8 Å². The van der Waals surface area contributed by atoms with E-state index in [2.05, 4.69) is 5.32 Å². The maximum Gasteiger partial charge on any atom is 0.251 e. The van der Waals surface area contributed by atoms with Gasteiger partial charge in [-0.3, -0.25) is 4.79 Å². The van der Waals surface area contributed by atoms with Crippen LogP contribution in [0.15, 0.2) is 24.3 Å². The highest BCUT2D eigenvalue weighted by Crippen LogP contribution is 2.15. The second-order valence-corrected chi connectivity index (χ2v) is 3.60. The fourth-order valence-corrected chi connectivity index (χ4v) is 1.48. The first-order valence-corrected chi connectivity index (χ1v) is 5.43. The Morgan fingerprint density at radius 1 is 1.56 bits per heavy atom. The van der Waals surface area contributed by atoms with Crippen LogP contribution >= 0.6 is 0 Å². The summed E-state index contributed by atoms with van der Waals surface area (Å²) < 4.78 is 0. The third kappa shape index (κ3) is 3.32. The molecule has 0 aromatic heterocycles. The van der Waals surface area contributed by atoms with Gasteiger partial charge in [-0.25, -0.2) is 0 Å². The topological polar surface area (TPSA) is 75.4 Å². The van der Waals surface area contributed by atoms with Gasteiger partial charge in [0.2, 0.25) is 0 Å². The highest BCUT2D eigenvalue weighted by Gasteiger charge is 2.09. The zero-order valence-corrected chi connectivity index (χ0v) is 9.44.